The Bertz CT molecular complexity index is 353. The van der Waals surface area contributed by atoms with E-state index in [1.54, 1.807) is 6.92 Å². The Labute approximate surface area is 80.5 Å². The number of hydrogen-bond acceptors (Lipinski definition) is 4. The van der Waals surface area contributed by atoms with Gasteiger partial charge in [-0.25, -0.2) is 5.10 Å². The van der Waals surface area contributed by atoms with Crippen molar-refractivity contribution in [3.63, 3.8) is 0 Å². The van der Waals surface area contributed by atoms with E-state index in [9.17, 15) is 9.59 Å². The number of nitrogens with two attached hydrogens (primary N) is 1. The van der Waals surface area contributed by atoms with Crippen molar-refractivity contribution in [2.45, 2.75) is 6.92 Å². The molecule has 1 amide bonds. The summed E-state index contributed by atoms with van der Waals surface area (Å²) >= 11 is 0. The maximum Gasteiger partial charge on any atom is 0.264 e. The fourth-order valence-corrected chi connectivity index (χ4v) is 0.771. The number of rotatable bonds is 3. The monoisotopic (exact) mass is 196 g/mol. The van der Waals surface area contributed by atoms with Crippen molar-refractivity contribution in [2.75, 3.05) is 11.9 Å². The largest absolute Gasteiger partial charge is 0.330 e. The molecule has 0 saturated carbocycles. The van der Waals surface area contributed by atoms with E-state index in [0.29, 0.717) is 5.82 Å². The van der Waals surface area contributed by atoms with Crippen LogP contribution >= 0.6 is 0 Å². The number of nitrogens with one attached hydrogen (secondary N) is 2. The lowest BCUT2D eigenvalue weighted by Crippen LogP contribution is -2.27. The van der Waals surface area contributed by atoms with Crippen LogP contribution in [0.4, 0.5) is 5.82 Å². The van der Waals surface area contributed by atoms with Crippen molar-refractivity contribution in [1.29, 1.82) is 0 Å². The summed E-state index contributed by atoms with van der Waals surface area (Å²) in [5.41, 5.74) is 5.00. The number of nitrogens with zero attached hydrogens (tertiary/aromatic N) is 1. The van der Waals surface area contributed by atoms with Gasteiger partial charge >= 0.3 is 0 Å². The van der Waals surface area contributed by atoms with Gasteiger partial charge in [0.2, 0.25) is 5.91 Å². The Hall–Kier alpha value is -1.69. The van der Waals surface area contributed by atoms with E-state index in [1.807, 2.05) is 0 Å². The van der Waals surface area contributed by atoms with Crippen molar-refractivity contribution >= 4 is 11.7 Å². The second-order valence-electron chi connectivity index (χ2n) is 2.93. The fraction of sp³-hybridized carbons (Fsp3) is 0.375. The molecule has 76 valence electrons. The number of carbonyl (C=O) groups is 1. The van der Waals surface area contributed by atoms with Crippen LogP contribution in [-0.2, 0) is 4.79 Å². The molecule has 1 rings (SSSR count). The average molecular weight is 196 g/mol. The van der Waals surface area contributed by atoms with Gasteiger partial charge in [-0.3, -0.25) is 9.59 Å². The topological polar surface area (TPSA) is 101 Å². The van der Waals surface area contributed by atoms with Gasteiger partial charge in [0.25, 0.3) is 5.56 Å². The van der Waals surface area contributed by atoms with Crippen LogP contribution in [0.3, 0.4) is 0 Å². The molecule has 0 aliphatic rings. The van der Waals surface area contributed by atoms with Gasteiger partial charge in [-0.15, -0.1) is 0 Å². The number of carbonyl (C=O) groups excluding carboxylic acids is 1. The third-order valence-electron chi connectivity index (χ3n) is 1.73. The van der Waals surface area contributed by atoms with Crippen LogP contribution < -0.4 is 16.6 Å². The summed E-state index contributed by atoms with van der Waals surface area (Å²) in [5.74, 6) is -0.175. The number of aromatic nitrogens is 2. The first-order chi connectivity index (χ1) is 6.63. The van der Waals surface area contributed by atoms with Gasteiger partial charge in [0.1, 0.15) is 0 Å². The highest BCUT2D eigenvalue weighted by Gasteiger charge is 2.10. The molecule has 0 radical (unpaired) electrons. The van der Waals surface area contributed by atoms with E-state index in [-0.39, 0.29) is 23.9 Å². The van der Waals surface area contributed by atoms with Crippen molar-refractivity contribution in [3.8, 4) is 0 Å². The zero-order valence-corrected chi connectivity index (χ0v) is 7.78. The minimum atomic E-state index is -0.310. The predicted molar refractivity (Wildman–Crippen MR) is 51.7 cm³/mol. The molecule has 0 aliphatic heterocycles. The van der Waals surface area contributed by atoms with Crippen molar-refractivity contribution in [1.82, 2.24) is 10.2 Å². The summed E-state index contributed by atoms with van der Waals surface area (Å²) in [7, 11) is 0. The average Bonchev–Trinajstić information content (AvgIpc) is 2.20. The molecule has 6 heteroatoms. The highest BCUT2D eigenvalue weighted by atomic mass is 16.2. The zero-order chi connectivity index (χ0) is 10.6. The van der Waals surface area contributed by atoms with Crippen molar-refractivity contribution < 1.29 is 4.79 Å². The third-order valence-corrected chi connectivity index (χ3v) is 1.73. The van der Waals surface area contributed by atoms with Crippen LogP contribution in [-0.4, -0.2) is 22.6 Å². The highest BCUT2D eigenvalue weighted by Crippen LogP contribution is 2.00. The molecule has 0 fully saturated rings. The quantitative estimate of drug-likeness (QED) is 0.595. The minimum Gasteiger partial charge on any atom is -0.330 e. The lowest BCUT2D eigenvalue weighted by atomic mass is 10.2. The second kappa shape index (κ2) is 4.52. The van der Waals surface area contributed by atoms with Crippen molar-refractivity contribution in [3.05, 3.63) is 22.5 Å². The molecule has 0 spiro atoms. The summed E-state index contributed by atoms with van der Waals surface area (Å²) in [6, 6.07) is 2.72. The first kappa shape index (κ1) is 10.4. The van der Waals surface area contributed by atoms with E-state index in [4.69, 9.17) is 5.73 Å². The number of H-pyrrole nitrogens is 1. The van der Waals surface area contributed by atoms with E-state index < -0.39 is 0 Å². The summed E-state index contributed by atoms with van der Waals surface area (Å²) in [6.07, 6.45) is 0. The summed E-state index contributed by atoms with van der Waals surface area (Å²) < 4.78 is 0. The number of aromatic amines is 1. The Morgan fingerprint density at radius 3 is 2.93 bits per heavy atom. The normalized spacial score (nSPS) is 12.1. The number of anilines is 1. The first-order valence-corrected chi connectivity index (χ1v) is 4.20. The molecule has 0 aromatic carbocycles. The summed E-state index contributed by atoms with van der Waals surface area (Å²) in [5, 5.41) is 8.35. The molecule has 0 saturated heterocycles. The van der Waals surface area contributed by atoms with Crippen LogP contribution in [0.15, 0.2) is 16.9 Å². The Morgan fingerprint density at radius 2 is 2.43 bits per heavy atom. The third kappa shape index (κ3) is 2.67. The minimum absolute atomic E-state index is 0.216. The van der Waals surface area contributed by atoms with E-state index >= 15 is 0 Å². The van der Waals surface area contributed by atoms with Crippen LogP contribution in [0.2, 0.25) is 0 Å². The lowest BCUT2D eigenvalue weighted by molar-refractivity contribution is -0.119. The predicted octanol–water partition coefficient (Wildman–Crippen LogP) is -0.697. The Balaban J connectivity index is 2.65. The maximum atomic E-state index is 11.3. The number of hydrogen-bond donors (Lipinski definition) is 3. The summed E-state index contributed by atoms with van der Waals surface area (Å²) in [6.45, 7) is 1.98. The molecular formula is C8H12N4O2. The van der Waals surface area contributed by atoms with Crippen molar-refractivity contribution in [2.24, 2.45) is 11.7 Å². The molecule has 1 aromatic heterocycles. The highest BCUT2D eigenvalue weighted by molar-refractivity contribution is 5.91. The standard InChI is InChI=1S/C8H12N4O2/c1-5(4-9)8(14)10-6-2-3-7(13)12-11-6/h2-3,5H,4,9H2,1H3,(H,12,13)(H,10,11,14). The molecule has 6 nitrogen and oxygen atoms in total. The van der Waals surface area contributed by atoms with Gasteiger partial charge in [-0.2, -0.15) is 5.10 Å². The van der Waals surface area contributed by atoms with E-state index in [1.165, 1.54) is 12.1 Å². The summed E-state index contributed by atoms with van der Waals surface area (Å²) in [4.78, 5) is 22.0. The van der Waals surface area contributed by atoms with Crippen LogP contribution in [0.25, 0.3) is 0 Å². The maximum absolute atomic E-state index is 11.3. The molecule has 0 bridgehead atoms. The Morgan fingerprint density at radius 1 is 1.71 bits per heavy atom. The molecule has 14 heavy (non-hydrogen) atoms. The lowest BCUT2D eigenvalue weighted by Gasteiger charge is -2.07. The zero-order valence-electron chi connectivity index (χ0n) is 7.78. The van der Waals surface area contributed by atoms with Gasteiger partial charge in [0.15, 0.2) is 5.82 Å². The number of amides is 1. The molecular weight excluding hydrogens is 184 g/mol. The SMILES string of the molecule is CC(CN)C(=O)Nc1ccc(=O)[nH]n1. The molecule has 1 heterocycles. The van der Waals surface area contributed by atoms with Gasteiger partial charge in [0, 0.05) is 18.5 Å². The molecule has 4 N–H and O–H groups in total. The second-order valence-corrected chi connectivity index (χ2v) is 2.93. The van der Waals surface area contributed by atoms with E-state index in [0.717, 1.165) is 0 Å². The smallest absolute Gasteiger partial charge is 0.264 e. The van der Waals surface area contributed by atoms with E-state index in [2.05, 4.69) is 15.5 Å². The molecule has 1 aromatic rings. The van der Waals surface area contributed by atoms with Gasteiger partial charge in [-0.1, -0.05) is 6.92 Å². The van der Waals surface area contributed by atoms with Crippen LogP contribution in [0.1, 0.15) is 6.92 Å². The molecule has 0 aliphatic carbocycles. The molecule has 1 atom stereocenters. The molecule has 1 unspecified atom stereocenters. The van der Waals surface area contributed by atoms with Gasteiger partial charge < -0.3 is 11.1 Å². The van der Waals surface area contributed by atoms with Gasteiger partial charge in [0.05, 0.1) is 0 Å². The van der Waals surface area contributed by atoms with Gasteiger partial charge in [-0.05, 0) is 6.07 Å². The fourth-order valence-electron chi connectivity index (χ4n) is 0.771. The van der Waals surface area contributed by atoms with Crippen LogP contribution in [0.5, 0.6) is 0 Å². The van der Waals surface area contributed by atoms with Crippen LogP contribution in [0, 0.1) is 5.92 Å². The Kier molecular flexibility index (Phi) is 3.35. The first-order valence-electron chi connectivity index (χ1n) is 4.20.